The summed E-state index contributed by atoms with van der Waals surface area (Å²) in [5.41, 5.74) is 0.954. The Hall–Kier alpha value is -2.88. The molecule has 1 atom stereocenters. The maximum Gasteiger partial charge on any atom is 0.328 e. The molecular formula is C17H21N3O4. The van der Waals surface area contributed by atoms with Gasteiger partial charge in [0.1, 0.15) is 6.04 Å². The maximum atomic E-state index is 12.2. The molecule has 0 radical (unpaired) electrons. The number of nitrogens with zero attached hydrogens (tertiary/aromatic N) is 1. The molecule has 0 spiro atoms. The number of carbonyl (C=O) groups excluding carboxylic acids is 3. The molecule has 1 rings (SSSR count). The Bertz CT molecular complexity index is 620. The lowest BCUT2D eigenvalue weighted by Crippen LogP contribution is -2.41. The normalized spacial score (nSPS) is 11.0. The molecule has 1 aromatic rings. The number of nitrogens with one attached hydrogen (secondary N) is 2. The molecule has 0 fully saturated rings. The molecule has 0 heterocycles. The Balaban J connectivity index is 2.67. The predicted molar refractivity (Wildman–Crippen MR) is 88.1 cm³/mol. The standard InChI is InChI=1S/C17H21N3O4/c1-12(21)19-14-9-7-13(8-10-14)16(22)20-15(17(23)24-2)6-4-3-5-11-18/h7-10,15H,3-6H2,1-2H3,(H,19,21)(H,20,22)/t15-/m1/s1. The number of amides is 2. The highest BCUT2D eigenvalue weighted by molar-refractivity contribution is 5.97. The van der Waals surface area contributed by atoms with E-state index in [4.69, 9.17) is 10.00 Å². The van der Waals surface area contributed by atoms with Gasteiger partial charge in [-0.1, -0.05) is 0 Å². The number of ether oxygens (including phenoxy) is 1. The molecule has 2 N–H and O–H groups in total. The fourth-order valence-corrected chi connectivity index (χ4v) is 2.09. The van der Waals surface area contributed by atoms with Gasteiger partial charge in [-0.15, -0.1) is 0 Å². The molecule has 0 saturated heterocycles. The van der Waals surface area contributed by atoms with Crippen LogP contribution in [-0.2, 0) is 14.3 Å². The molecule has 0 unspecified atom stereocenters. The number of benzene rings is 1. The van der Waals surface area contributed by atoms with Crippen LogP contribution in [0.25, 0.3) is 0 Å². The molecule has 24 heavy (non-hydrogen) atoms. The first-order valence-electron chi connectivity index (χ1n) is 7.61. The number of hydrogen-bond donors (Lipinski definition) is 2. The monoisotopic (exact) mass is 331 g/mol. The smallest absolute Gasteiger partial charge is 0.328 e. The summed E-state index contributed by atoms with van der Waals surface area (Å²) in [4.78, 5) is 35.0. The van der Waals surface area contributed by atoms with E-state index in [2.05, 4.69) is 10.6 Å². The molecule has 1 aromatic carbocycles. The number of rotatable bonds is 8. The Morgan fingerprint density at radius 2 is 1.88 bits per heavy atom. The number of methoxy groups -OCH3 is 1. The van der Waals surface area contributed by atoms with Crippen molar-refractivity contribution in [1.82, 2.24) is 5.32 Å². The van der Waals surface area contributed by atoms with E-state index in [0.29, 0.717) is 36.9 Å². The zero-order valence-electron chi connectivity index (χ0n) is 13.8. The molecule has 7 heteroatoms. The highest BCUT2D eigenvalue weighted by atomic mass is 16.5. The van der Waals surface area contributed by atoms with Crippen LogP contribution in [0, 0.1) is 11.3 Å². The molecule has 0 aromatic heterocycles. The molecule has 0 aliphatic carbocycles. The van der Waals surface area contributed by atoms with Crippen molar-refractivity contribution in [2.24, 2.45) is 0 Å². The van der Waals surface area contributed by atoms with Crippen LogP contribution in [0.15, 0.2) is 24.3 Å². The summed E-state index contributed by atoms with van der Waals surface area (Å²) in [6.07, 6.45) is 2.11. The average Bonchev–Trinajstić information content (AvgIpc) is 2.56. The third-order valence-electron chi connectivity index (χ3n) is 3.29. The van der Waals surface area contributed by atoms with Crippen molar-refractivity contribution in [3.63, 3.8) is 0 Å². The highest BCUT2D eigenvalue weighted by Gasteiger charge is 2.21. The maximum absolute atomic E-state index is 12.2. The number of carbonyl (C=O) groups is 3. The van der Waals surface area contributed by atoms with Crippen LogP contribution in [-0.4, -0.2) is 30.9 Å². The SMILES string of the molecule is COC(=O)[C@@H](CCCCC#N)NC(=O)c1ccc(NC(C)=O)cc1. The van der Waals surface area contributed by atoms with E-state index in [1.54, 1.807) is 24.3 Å². The highest BCUT2D eigenvalue weighted by Crippen LogP contribution is 2.11. The first-order valence-corrected chi connectivity index (χ1v) is 7.61. The second-order valence-corrected chi connectivity index (χ2v) is 5.21. The summed E-state index contributed by atoms with van der Waals surface area (Å²) >= 11 is 0. The van der Waals surface area contributed by atoms with Crippen molar-refractivity contribution in [3.05, 3.63) is 29.8 Å². The Kier molecular flexibility index (Phi) is 7.99. The zero-order chi connectivity index (χ0) is 17.9. The number of hydrogen-bond acceptors (Lipinski definition) is 5. The minimum absolute atomic E-state index is 0.199. The second kappa shape index (κ2) is 10.0. The summed E-state index contributed by atoms with van der Waals surface area (Å²) < 4.78 is 4.70. The van der Waals surface area contributed by atoms with E-state index >= 15 is 0 Å². The molecule has 0 aliphatic rings. The third-order valence-corrected chi connectivity index (χ3v) is 3.29. The molecule has 2 amide bonds. The fourth-order valence-electron chi connectivity index (χ4n) is 2.09. The van der Waals surface area contributed by atoms with E-state index in [-0.39, 0.29) is 5.91 Å². The lowest BCUT2D eigenvalue weighted by Gasteiger charge is -2.16. The van der Waals surface area contributed by atoms with E-state index in [1.807, 2.05) is 6.07 Å². The van der Waals surface area contributed by atoms with Crippen molar-refractivity contribution in [3.8, 4) is 6.07 Å². The van der Waals surface area contributed by atoms with Crippen molar-refractivity contribution in [2.45, 2.75) is 38.6 Å². The molecule has 0 aliphatic heterocycles. The number of anilines is 1. The average molecular weight is 331 g/mol. The molecule has 7 nitrogen and oxygen atoms in total. The summed E-state index contributed by atoms with van der Waals surface area (Å²) in [6.45, 7) is 1.40. The van der Waals surface area contributed by atoms with Gasteiger partial charge in [0.05, 0.1) is 13.2 Å². The first kappa shape index (κ1) is 19.2. The number of nitriles is 1. The summed E-state index contributed by atoms with van der Waals surface area (Å²) in [5, 5.41) is 13.8. The number of unbranched alkanes of at least 4 members (excludes halogenated alkanes) is 2. The molecular weight excluding hydrogens is 310 g/mol. The minimum Gasteiger partial charge on any atom is -0.467 e. The number of esters is 1. The van der Waals surface area contributed by atoms with Gasteiger partial charge in [0, 0.05) is 24.6 Å². The van der Waals surface area contributed by atoms with E-state index in [0.717, 1.165) is 0 Å². The topological polar surface area (TPSA) is 108 Å². The van der Waals surface area contributed by atoms with Crippen molar-refractivity contribution >= 4 is 23.5 Å². The van der Waals surface area contributed by atoms with E-state index in [1.165, 1.54) is 14.0 Å². The van der Waals surface area contributed by atoms with Crippen LogP contribution < -0.4 is 10.6 Å². The largest absolute Gasteiger partial charge is 0.467 e. The quantitative estimate of drug-likeness (QED) is 0.559. The van der Waals surface area contributed by atoms with Crippen LogP contribution in [0.4, 0.5) is 5.69 Å². The Labute approximate surface area is 141 Å². The molecule has 0 bridgehead atoms. The fraction of sp³-hybridized carbons (Fsp3) is 0.412. The van der Waals surface area contributed by atoms with Gasteiger partial charge in [0.2, 0.25) is 5.91 Å². The zero-order valence-corrected chi connectivity index (χ0v) is 13.8. The van der Waals surface area contributed by atoms with Gasteiger partial charge in [-0.05, 0) is 43.5 Å². The van der Waals surface area contributed by atoms with E-state index < -0.39 is 17.9 Å². The molecule has 128 valence electrons. The molecule has 0 saturated carbocycles. The summed E-state index contributed by atoms with van der Waals surface area (Å²) in [5.74, 6) is -1.12. The van der Waals surface area contributed by atoms with Crippen molar-refractivity contribution < 1.29 is 19.1 Å². The van der Waals surface area contributed by atoms with Gasteiger partial charge in [-0.3, -0.25) is 9.59 Å². The van der Waals surface area contributed by atoms with Gasteiger partial charge in [-0.2, -0.15) is 5.26 Å². The Morgan fingerprint density at radius 1 is 1.21 bits per heavy atom. The predicted octanol–water partition coefficient (Wildman–Crippen LogP) is 2.00. The van der Waals surface area contributed by atoms with Crippen molar-refractivity contribution in [1.29, 1.82) is 5.26 Å². The van der Waals surface area contributed by atoms with Crippen LogP contribution in [0.1, 0.15) is 43.0 Å². The van der Waals surface area contributed by atoms with Crippen LogP contribution >= 0.6 is 0 Å². The van der Waals surface area contributed by atoms with Gasteiger partial charge in [-0.25, -0.2) is 4.79 Å². The van der Waals surface area contributed by atoms with Gasteiger partial charge < -0.3 is 15.4 Å². The third kappa shape index (κ3) is 6.48. The van der Waals surface area contributed by atoms with E-state index in [9.17, 15) is 14.4 Å². The first-order chi connectivity index (χ1) is 11.5. The van der Waals surface area contributed by atoms with Crippen LogP contribution in [0.5, 0.6) is 0 Å². The van der Waals surface area contributed by atoms with Gasteiger partial charge >= 0.3 is 5.97 Å². The lowest BCUT2D eigenvalue weighted by molar-refractivity contribution is -0.143. The summed E-state index contributed by atoms with van der Waals surface area (Å²) in [6, 6.07) is 7.62. The second-order valence-electron chi connectivity index (χ2n) is 5.21. The van der Waals surface area contributed by atoms with Gasteiger partial charge in [0.25, 0.3) is 5.91 Å². The Morgan fingerprint density at radius 3 is 2.42 bits per heavy atom. The summed E-state index contributed by atoms with van der Waals surface area (Å²) in [7, 11) is 1.26. The minimum atomic E-state index is -0.754. The van der Waals surface area contributed by atoms with Crippen LogP contribution in [0.3, 0.4) is 0 Å². The lowest BCUT2D eigenvalue weighted by atomic mass is 10.1. The van der Waals surface area contributed by atoms with Crippen molar-refractivity contribution in [2.75, 3.05) is 12.4 Å². The van der Waals surface area contributed by atoms with Crippen LogP contribution in [0.2, 0.25) is 0 Å². The van der Waals surface area contributed by atoms with Gasteiger partial charge in [0.15, 0.2) is 0 Å².